The molecule has 0 amide bonds. The smallest absolute Gasteiger partial charge is 0.167 e. The van der Waals surface area contributed by atoms with Crippen LogP contribution in [-0.4, -0.2) is 92.9 Å². The number of aromatic amines is 1. The van der Waals surface area contributed by atoms with Crippen molar-refractivity contribution in [2.24, 2.45) is 5.92 Å². The number of carbonyl (C=O) groups is 1. The van der Waals surface area contributed by atoms with Gasteiger partial charge in [0.15, 0.2) is 23.0 Å². The summed E-state index contributed by atoms with van der Waals surface area (Å²) < 4.78 is 12.1. The number of β-amino-alcohol motifs (C(OH)–C–C–N with tert-alkyl or cyclic N) is 1. The fourth-order valence-electron chi connectivity index (χ4n) is 9.59. The van der Waals surface area contributed by atoms with Gasteiger partial charge in [-0.2, -0.15) is 0 Å². The molecule has 6 aromatic rings. The van der Waals surface area contributed by atoms with E-state index in [0.717, 1.165) is 67.3 Å². The third-order valence-corrected chi connectivity index (χ3v) is 15.5. The Hall–Kier alpha value is -5.19. The highest BCUT2D eigenvalue weighted by atomic mass is 33.1. The summed E-state index contributed by atoms with van der Waals surface area (Å²) in [7, 11) is 6.40. The first-order chi connectivity index (χ1) is 32.8. The number of aromatic nitrogens is 1. The first kappa shape index (κ1) is 50.7. The Balaban J connectivity index is 1.26. The van der Waals surface area contributed by atoms with Crippen LogP contribution in [0.4, 0.5) is 0 Å². The van der Waals surface area contributed by atoms with Crippen molar-refractivity contribution < 1.29 is 44.9 Å². The van der Waals surface area contributed by atoms with Crippen LogP contribution in [0.5, 0.6) is 28.7 Å². The molecule has 4 atom stereocenters. The fourth-order valence-corrected chi connectivity index (χ4v) is 12.2. The second-order valence-electron chi connectivity index (χ2n) is 18.1. The van der Waals surface area contributed by atoms with Crippen molar-refractivity contribution in [1.29, 1.82) is 0 Å². The summed E-state index contributed by atoms with van der Waals surface area (Å²) in [5.41, 5.74) is 7.77. The predicted octanol–water partition coefficient (Wildman–Crippen LogP) is 8.02. The summed E-state index contributed by atoms with van der Waals surface area (Å²) in [6.07, 6.45) is 5.08. The summed E-state index contributed by atoms with van der Waals surface area (Å²) in [4.78, 5) is 18.3. The highest BCUT2D eigenvalue weighted by Gasteiger charge is 2.32. The highest BCUT2D eigenvalue weighted by molar-refractivity contribution is 8.76. The number of Topliss-reactive ketones (excluding diaryl/α,β-unsaturated/α-hetero) is 1. The van der Waals surface area contributed by atoms with E-state index in [2.05, 4.69) is 40.7 Å². The first-order valence-corrected chi connectivity index (χ1v) is 25.8. The third-order valence-electron chi connectivity index (χ3n) is 13.0. The number of methoxy groups -OCH3 is 1. The lowest BCUT2D eigenvalue weighted by Crippen LogP contribution is -2.41. The van der Waals surface area contributed by atoms with Gasteiger partial charge in [0.25, 0.3) is 0 Å². The van der Waals surface area contributed by atoms with Gasteiger partial charge in [0.2, 0.25) is 0 Å². The number of hydrogen-bond acceptors (Lipinski definition) is 13. The summed E-state index contributed by atoms with van der Waals surface area (Å²) >= 11 is 0. The van der Waals surface area contributed by atoms with Gasteiger partial charge in [-0.25, -0.2) is 0 Å². The molecule has 7 rings (SSSR count). The molecule has 0 saturated carbocycles. The number of phenolic OH excluding ortho intramolecular Hbond substituents is 3. The van der Waals surface area contributed by atoms with Crippen molar-refractivity contribution in [3.63, 3.8) is 0 Å². The first-order valence-electron chi connectivity index (χ1n) is 23.3. The quantitative estimate of drug-likeness (QED) is 0.0355. The Labute approximate surface area is 406 Å². The van der Waals surface area contributed by atoms with Crippen LogP contribution in [0, 0.1) is 5.92 Å². The summed E-state index contributed by atoms with van der Waals surface area (Å²) in [5, 5.41) is 75.2. The minimum atomic E-state index is -1.12. The van der Waals surface area contributed by atoms with Gasteiger partial charge < -0.3 is 50.4 Å². The molecule has 9 N–H and O–H groups in total. The van der Waals surface area contributed by atoms with E-state index in [4.69, 9.17) is 9.47 Å². The molecular weight excluding hydrogens is 899 g/mol. The Bertz CT molecular complexity index is 2660. The molecule has 4 unspecified atom stereocenters. The molecule has 362 valence electrons. The van der Waals surface area contributed by atoms with Crippen molar-refractivity contribution in [3.8, 4) is 28.7 Å². The van der Waals surface area contributed by atoms with Gasteiger partial charge in [-0.1, -0.05) is 77.0 Å². The number of aromatic hydroxyl groups is 3. The van der Waals surface area contributed by atoms with Gasteiger partial charge in [-0.15, -0.1) is 0 Å². The predicted molar refractivity (Wildman–Crippen MR) is 272 cm³/mol. The van der Waals surface area contributed by atoms with Crippen LogP contribution in [0.2, 0.25) is 0 Å². The molecule has 0 fully saturated rings. The lowest BCUT2D eigenvalue weighted by molar-refractivity contribution is -0.123. The lowest BCUT2D eigenvalue weighted by atomic mass is 9.80. The van der Waals surface area contributed by atoms with Crippen LogP contribution in [-0.2, 0) is 55.6 Å². The monoisotopic (exact) mass is 963 g/mol. The standard InChI is InChI=1S/C54H65N3O9S2/c1-5-35-9-10-36-7-6-8-37(16-18-58)51(36)44(35)25-45-38(11-13-47(60)52(45)65-4)22-41(19-33-15-17-56-28-33)49(62)26-50(63)43(40-20-34(27-55-3)21-42(59)23-40)24-39-12-14-48(61)53-46(39)29-67-68-31-54(2,64)30-57-32-66-53/h6-15,17,20-21,23,28,41,43,49,55-62,64H,5,16,18-19,22,24-27,29-32H2,1-4H3. The van der Waals surface area contributed by atoms with Gasteiger partial charge >= 0.3 is 0 Å². The minimum Gasteiger partial charge on any atom is -0.508 e. The molecule has 0 saturated heterocycles. The highest BCUT2D eigenvalue weighted by Crippen LogP contribution is 2.43. The maximum Gasteiger partial charge on any atom is 0.167 e. The molecule has 2 heterocycles. The normalized spacial score (nSPS) is 16.9. The third kappa shape index (κ3) is 12.3. The van der Waals surface area contributed by atoms with Gasteiger partial charge in [0.1, 0.15) is 18.3 Å². The zero-order valence-corrected chi connectivity index (χ0v) is 40.9. The number of hydrogen-bond donors (Lipinski definition) is 9. The SMILES string of the molecule is CCc1ccc2cccc(CCO)c2c1Cc1c(CC(Cc2cc[nH]c2)C(O)CC(=O)C(Cc2ccc(O)c3c2CSSCC(C)(O)CNCO3)c2cc(O)cc(CNC)c2)ccc(O)c1OC. The van der Waals surface area contributed by atoms with E-state index in [-0.39, 0.29) is 49.2 Å². The van der Waals surface area contributed by atoms with E-state index >= 15 is 4.79 Å². The average molecular weight is 964 g/mol. The van der Waals surface area contributed by atoms with Gasteiger partial charge in [-0.05, 0) is 138 Å². The second kappa shape index (κ2) is 23.4. The van der Waals surface area contributed by atoms with Crippen LogP contribution >= 0.6 is 21.6 Å². The molecule has 0 radical (unpaired) electrons. The maximum atomic E-state index is 15.1. The molecule has 12 nitrogen and oxygen atoms in total. The molecular formula is C54H65N3O9S2. The molecule has 1 aromatic heterocycles. The molecule has 0 aliphatic carbocycles. The van der Waals surface area contributed by atoms with Crippen molar-refractivity contribution in [3.05, 3.63) is 147 Å². The summed E-state index contributed by atoms with van der Waals surface area (Å²) in [6.45, 7) is 4.68. The summed E-state index contributed by atoms with van der Waals surface area (Å²) in [6, 6.07) is 24.4. The number of ether oxygens (including phenoxy) is 2. The number of rotatable bonds is 19. The number of aryl methyl sites for hydroxylation is 1. The number of phenols is 3. The van der Waals surface area contributed by atoms with E-state index in [9.17, 15) is 30.6 Å². The maximum absolute atomic E-state index is 15.1. The van der Waals surface area contributed by atoms with E-state index in [1.165, 1.54) is 21.6 Å². The number of H-pyrrole nitrogens is 1. The van der Waals surface area contributed by atoms with E-state index in [1.54, 1.807) is 44.4 Å². The van der Waals surface area contributed by atoms with Crippen LogP contribution in [0.25, 0.3) is 10.8 Å². The topological polar surface area (TPSA) is 197 Å². The number of aliphatic hydroxyl groups excluding tert-OH is 2. The fraction of sp³-hybridized carbons (Fsp3) is 0.389. The number of ketones is 1. The van der Waals surface area contributed by atoms with E-state index in [0.29, 0.717) is 67.3 Å². The Morgan fingerprint density at radius 1 is 0.912 bits per heavy atom. The molecule has 1 aliphatic rings. The number of fused-ring (bicyclic) bond motifs is 2. The number of benzene rings is 5. The Morgan fingerprint density at radius 3 is 2.46 bits per heavy atom. The van der Waals surface area contributed by atoms with E-state index in [1.807, 2.05) is 49.8 Å². The zero-order valence-electron chi connectivity index (χ0n) is 39.3. The van der Waals surface area contributed by atoms with Crippen molar-refractivity contribution in [2.45, 2.75) is 88.7 Å². The number of aliphatic hydroxyl groups is 3. The Kier molecular flexibility index (Phi) is 17.4. The number of nitrogens with one attached hydrogen (secondary N) is 3. The van der Waals surface area contributed by atoms with E-state index < -0.39 is 23.5 Å². The lowest BCUT2D eigenvalue weighted by Gasteiger charge is -2.27. The van der Waals surface area contributed by atoms with Crippen LogP contribution in [0.1, 0.15) is 81.8 Å². The molecule has 14 heteroatoms. The van der Waals surface area contributed by atoms with Crippen LogP contribution in [0.3, 0.4) is 0 Å². The van der Waals surface area contributed by atoms with Crippen molar-refractivity contribution in [2.75, 3.05) is 39.8 Å². The average Bonchev–Trinajstić information content (AvgIpc) is 3.82. The number of carbonyl (C=O) groups excluding carboxylic acids is 1. The molecule has 0 spiro atoms. The van der Waals surface area contributed by atoms with Gasteiger partial charge in [-0.3, -0.25) is 10.1 Å². The van der Waals surface area contributed by atoms with Crippen molar-refractivity contribution >= 4 is 38.1 Å². The zero-order chi connectivity index (χ0) is 48.4. The Morgan fingerprint density at radius 2 is 1.71 bits per heavy atom. The van der Waals surface area contributed by atoms with Crippen molar-refractivity contribution in [1.82, 2.24) is 15.6 Å². The molecule has 1 aliphatic heterocycles. The van der Waals surface area contributed by atoms with Crippen LogP contribution < -0.4 is 20.1 Å². The van der Waals surface area contributed by atoms with Gasteiger partial charge in [0.05, 0.1) is 18.8 Å². The molecule has 68 heavy (non-hydrogen) atoms. The minimum absolute atomic E-state index is 0.000339. The summed E-state index contributed by atoms with van der Waals surface area (Å²) in [5.74, 6) is 0.0173. The molecule has 5 aromatic carbocycles. The second-order valence-corrected chi connectivity index (χ2v) is 20.6. The largest absolute Gasteiger partial charge is 0.508 e. The van der Waals surface area contributed by atoms with Crippen LogP contribution in [0.15, 0.2) is 91.3 Å². The van der Waals surface area contributed by atoms with Gasteiger partial charge in [0, 0.05) is 73.5 Å². The molecule has 0 bridgehead atoms.